The molecule has 0 saturated heterocycles. The van der Waals surface area contributed by atoms with Crippen molar-refractivity contribution in [2.24, 2.45) is 5.92 Å². The number of allylic oxidation sites excluding steroid dienone is 4. The van der Waals surface area contributed by atoms with Crippen LogP contribution >= 0.6 is 0 Å². The highest BCUT2D eigenvalue weighted by molar-refractivity contribution is 5.86. The number of carbonyl (C=O) groups excluding carboxylic acids is 2. The largest absolute Gasteiger partial charge is 0.448 e. The fourth-order valence-corrected chi connectivity index (χ4v) is 3.42. The summed E-state index contributed by atoms with van der Waals surface area (Å²) in [7, 11) is 1.60. The van der Waals surface area contributed by atoms with Crippen molar-refractivity contribution in [1.82, 2.24) is 4.90 Å². The average Bonchev–Trinajstić information content (AvgIpc) is 2.92. The van der Waals surface area contributed by atoms with Gasteiger partial charge >= 0.3 is 6.09 Å². The fraction of sp³-hybridized carbons (Fsp3) is 0.364. The quantitative estimate of drug-likeness (QED) is 0.674. The molecule has 0 spiro atoms. The van der Waals surface area contributed by atoms with Gasteiger partial charge in [0.25, 0.3) is 0 Å². The molecule has 4 nitrogen and oxygen atoms in total. The zero-order chi connectivity index (χ0) is 19.3. The van der Waals surface area contributed by atoms with E-state index >= 15 is 0 Å². The number of hydrogen-bond acceptors (Lipinski definition) is 3. The predicted molar refractivity (Wildman–Crippen MR) is 105 cm³/mol. The molecule has 1 aliphatic carbocycles. The Balaban J connectivity index is 2.22. The van der Waals surface area contributed by atoms with Crippen LogP contribution < -0.4 is 0 Å². The summed E-state index contributed by atoms with van der Waals surface area (Å²) in [6.07, 6.45) is 6.18. The van der Waals surface area contributed by atoms with Gasteiger partial charge in [-0.25, -0.2) is 4.79 Å². The highest BCUT2D eigenvalue weighted by Crippen LogP contribution is 2.43. The standard InChI is InChI=1S/C22H27NO3/c1-6-10-17-16(7-2)18-11-8-9-12-19(18)20(17)14-26-22(25)23(5)21(13-24)15(3)4/h6-13,15,20-21H,2,14H2,1,3-5H3/b10-6-. The van der Waals surface area contributed by atoms with Gasteiger partial charge in [-0.3, -0.25) is 0 Å². The van der Waals surface area contributed by atoms with Gasteiger partial charge in [-0.15, -0.1) is 0 Å². The van der Waals surface area contributed by atoms with Gasteiger partial charge in [0.2, 0.25) is 0 Å². The number of carbonyl (C=O) groups is 2. The number of amides is 1. The second kappa shape index (κ2) is 8.65. The summed E-state index contributed by atoms with van der Waals surface area (Å²) >= 11 is 0. The predicted octanol–water partition coefficient (Wildman–Crippen LogP) is 4.59. The van der Waals surface area contributed by atoms with Gasteiger partial charge in [0.1, 0.15) is 12.9 Å². The molecule has 0 bridgehead atoms. The van der Waals surface area contributed by atoms with Crippen LogP contribution in [-0.4, -0.2) is 37.0 Å². The first-order chi connectivity index (χ1) is 12.5. The normalized spacial score (nSPS) is 17.3. The lowest BCUT2D eigenvalue weighted by Gasteiger charge is -2.26. The summed E-state index contributed by atoms with van der Waals surface area (Å²) in [4.78, 5) is 25.0. The van der Waals surface area contributed by atoms with Crippen LogP contribution in [0.4, 0.5) is 4.79 Å². The zero-order valence-corrected chi connectivity index (χ0v) is 15.9. The highest BCUT2D eigenvalue weighted by atomic mass is 16.6. The van der Waals surface area contributed by atoms with Gasteiger partial charge in [0.05, 0.1) is 6.04 Å². The molecule has 0 aromatic heterocycles. The smallest absolute Gasteiger partial charge is 0.410 e. The Morgan fingerprint density at radius 2 is 2.04 bits per heavy atom. The molecule has 1 aromatic carbocycles. The number of aldehydes is 1. The third-order valence-corrected chi connectivity index (χ3v) is 4.79. The summed E-state index contributed by atoms with van der Waals surface area (Å²) in [5, 5.41) is 0. The van der Waals surface area contributed by atoms with Gasteiger partial charge in [-0.05, 0) is 35.1 Å². The fourth-order valence-electron chi connectivity index (χ4n) is 3.42. The third-order valence-electron chi connectivity index (χ3n) is 4.79. The molecule has 1 aromatic rings. The Morgan fingerprint density at radius 1 is 1.35 bits per heavy atom. The number of likely N-dealkylation sites (N-methyl/N-ethyl adjacent to an activating group) is 1. The molecule has 138 valence electrons. The number of fused-ring (bicyclic) bond motifs is 1. The molecule has 1 aliphatic rings. The average molecular weight is 353 g/mol. The van der Waals surface area contributed by atoms with Gasteiger partial charge < -0.3 is 14.4 Å². The van der Waals surface area contributed by atoms with E-state index in [1.165, 1.54) is 4.90 Å². The van der Waals surface area contributed by atoms with Gasteiger partial charge in [0.15, 0.2) is 0 Å². The second-order valence-corrected chi connectivity index (χ2v) is 6.77. The first-order valence-corrected chi connectivity index (χ1v) is 8.89. The van der Waals surface area contributed by atoms with Gasteiger partial charge in [-0.2, -0.15) is 0 Å². The van der Waals surface area contributed by atoms with Crippen molar-refractivity contribution in [3.8, 4) is 0 Å². The topological polar surface area (TPSA) is 46.6 Å². The van der Waals surface area contributed by atoms with E-state index in [1.807, 2.05) is 51.1 Å². The van der Waals surface area contributed by atoms with Crippen LogP contribution in [0.1, 0.15) is 37.8 Å². The van der Waals surface area contributed by atoms with Crippen LogP contribution in [0, 0.1) is 5.92 Å². The van der Waals surface area contributed by atoms with Crippen molar-refractivity contribution in [2.75, 3.05) is 13.7 Å². The van der Waals surface area contributed by atoms with Crippen LogP contribution in [-0.2, 0) is 9.53 Å². The number of rotatable bonds is 7. The number of ether oxygens (including phenoxy) is 1. The first kappa shape index (κ1) is 19.7. The summed E-state index contributed by atoms with van der Waals surface area (Å²) in [6, 6.07) is 7.60. The van der Waals surface area contributed by atoms with E-state index in [-0.39, 0.29) is 18.4 Å². The van der Waals surface area contributed by atoms with E-state index in [9.17, 15) is 9.59 Å². The summed E-state index contributed by atoms with van der Waals surface area (Å²) in [5.74, 6) is -0.00964. The molecule has 0 saturated carbocycles. The van der Waals surface area contributed by atoms with E-state index in [2.05, 4.69) is 18.7 Å². The van der Waals surface area contributed by atoms with E-state index < -0.39 is 12.1 Å². The third kappa shape index (κ3) is 3.79. The van der Waals surface area contributed by atoms with Gasteiger partial charge in [0, 0.05) is 13.0 Å². The van der Waals surface area contributed by atoms with Crippen LogP contribution in [0.15, 0.2) is 54.6 Å². The minimum absolute atomic E-state index is 0.0307. The van der Waals surface area contributed by atoms with E-state index in [1.54, 1.807) is 7.05 Å². The van der Waals surface area contributed by atoms with Crippen LogP contribution in [0.2, 0.25) is 0 Å². The summed E-state index contributed by atoms with van der Waals surface area (Å²) < 4.78 is 5.57. The van der Waals surface area contributed by atoms with Crippen LogP contribution in [0.3, 0.4) is 0 Å². The van der Waals surface area contributed by atoms with Crippen molar-refractivity contribution >= 4 is 18.0 Å². The second-order valence-electron chi connectivity index (χ2n) is 6.77. The Morgan fingerprint density at radius 3 is 2.62 bits per heavy atom. The molecule has 1 amide bonds. The van der Waals surface area contributed by atoms with Crippen molar-refractivity contribution < 1.29 is 14.3 Å². The minimum Gasteiger partial charge on any atom is -0.448 e. The van der Waals surface area contributed by atoms with Crippen LogP contribution in [0.5, 0.6) is 0 Å². The molecule has 2 unspecified atom stereocenters. The maximum atomic E-state index is 12.4. The molecule has 0 aliphatic heterocycles. The molecular weight excluding hydrogens is 326 g/mol. The van der Waals surface area contributed by atoms with Crippen molar-refractivity contribution in [3.63, 3.8) is 0 Å². The SMILES string of the molecule is C=CC1=C(/C=C\C)C(COC(=O)N(C)C(C=O)C(C)C)c2ccccc21. The van der Waals surface area contributed by atoms with E-state index in [0.717, 1.165) is 28.6 Å². The monoisotopic (exact) mass is 353 g/mol. The zero-order valence-electron chi connectivity index (χ0n) is 15.9. The molecule has 0 radical (unpaired) electrons. The molecule has 2 atom stereocenters. The first-order valence-electron chi connectivity index (χ1n) is 8.89. The van der Waals surface area contributed by atoms with Gasteiger partial charge in [-0.1, -0.05) is 62.9 Å². The number of nitrogens with zero attached hydrogens (tertiary/aromatic N) is 1. The maximum Gasteiger partial charge on any atom is 0.410 e. The lowest BCUT2D eigenvalue weighted by Crippen LogP contribution is -2.42. The summed E-state index contributed by atoms with van der Waals surface area (Å²) in [6.45, 7) is 9.93. The Hall–Kier alpha value is -2.62. The number of benzene rings is 1. The lowest BCUT2D eigenvalue weighted by atomic mass is 9.96. The lowest BCUT2D eigenvalue weighted by molar-refractivity contribution is -0.112. The molecular formula is C22H27NO3. The molecule has 26 heavy (non-hydrogen) atoms. The Labute approximate surface area is 155 Å². The van der Waals surface area contributed by atoms with E-state index in [4.69, 9.17) is 4.74 Å². The molecule has 0 N–H and O–H groups in total. The molecule has 4 heteroatoms. The molecule has 0 fully saturated rings. The number of hydrogen-bond donors (Lipinski definition) is 0. The molecule has 0 heterocycles. The minimum atomic E-state index is -0.493. The van der Waals surface area contributed by atoms with Crippen molar-refractivity contribution in [2.45, 2.75) is 32.7 Å². The van der Waals surface area contributed by atoms with Crippen molar-refractivity contribution in [1.29, 1.82) is 0 Å². The highest BCUT2D eigenvalue weighted by Gasteiger charge is 2.30. The van der Waals surface area contributed by atoms with Crippen molar-refractivity contribution in [3.05, 3.63) is 65.8 Å². The Kier molecular flexibility index (Phi) is 6.56. The van der Waals surface area contributed by atoms with Crippen LogP contribution in [0.25, 0.3) is 5.57 Å². The maximum absolute atomic E-state index is 12.4. The van der Waals surface area contributed by atoms with E-state index in [0.29, 0.717) is 0 Å². The Bertz CT molecular complexity index is 746. The summed E-state index contributed by atoms with van der Waals surface area (Å²) in [5.41, 5.74) is 4.41. The molecule has 2 rings (SSSR count).